The quantitative estimate of drug-likeness (QED) is 0.339. The number of ether oxygens (including phenoxy) is 2. The molecule has 1 unspecified atom stereocenters. The van der Waals surface area contributed by atoms with Gasteiger partial charge in [0.15, 0.2) is 0 Å². The van der Waals surface area contributed by atoms with Crippen molar-refractivity contribution in [2.45, 2.75) is 60.2 Å². The molecule has 0 N–H and O–H groups in total. The third-order valence-corrected chi connectivity index (χ3v) is 3.40. The molecule has 0 aromatic rings. The van der Waals surface area contributed by atoms with Gasteiger partial charge in [-0.1, -0.05) is 47.3 Å². The first-order valence-corrected chi connectivity index (χ1v) is 7.85. The minimum absolute atomic E-state index is 0.0827. The highest BCUT2D eigenvalue weighted by atomic mass is 16.7. The van der Waals surface area contributed by atoms with Crippen LogP contribution < -0.4 is 0 Å². The van der Waals surface area contributed by atoms with Crippen molar-refractivity contribution in [1.82, 2.24) is 0 Å². The molecule has 0 spiro atoms. The molecule has 1 atom stereocenters. The van der Waals surface area contributed by atoms with E-state index in [0.717, 1.165) is 12.8 Å². The van der Waals surface area contributed by atoms with Crippen LogP contribution >= 0.6 is 0 Å². The fraction of sp³-hybridized carbons (Fsp3) is 0.579. The summed E-state index contributed by atoms with van der Waals surface area (Å²) in [4.78, 5) is 23.4. The summed E-state index contributed by atoms with van der Waals surface area (Å²) in [5, 5.41) is 0. The van der Waals surface area contributed by atoms with E-state index >= 15 is 0 Å². The number of hydrogen-bond donors (Lipinski definition) is 0. The summed E-state index contributed by atoms with van der Waals surface area (Å²) in [5.74, 6) is -0.681. The molecule has 0 rings (SSSR count). The summed E-state index contributed by atoms with van der Waals surface area (Å²) < 4.78 is 10.4. The van der Waals surface area contributed by atoms with Gasteiger partial charge < -0.3 is 9.47 Å². The summed E-state index contributed by atoms with van der Waals surface area (Å²) in [6, 6.07) is 0. The van der Waals surface area contributed by atoms with Gasteiger partial charge in [-0.2, -0.15) is 0 Å². The zero-order valence-electron chi connectivity index (χ0n) is 15.1. The molecule has 2 radical (unpaired) electrons. The smallest absolute Gasteiger partial charge is 0.336 e. The Morgan fingerprint density at radius 3 is 1.87 bits per heavy atom. The molecule has 0 aliphatic rings. The second kappa shape index (κ2) is 9.53. The van der Waals surface area contributed by atoms with Gasteiger partial charge in [0.05, 0.1) is 0 Å². The average molecular weight is 322 g/mol. The normalized spacial score (nSPS) is 12.7. The maximum atomic E-state index is 11.7. The molecule has 0 aromatic heterocycles. The first-order chi connectivity index (χ1) is 10.5. The van der Waals surface area contributed by atoms with Crippen LogP contribution in [-0.4, -0.2) is 18.2 Å². The number of carbonyl (C=O) groups excluding carboxylic acids is 2. The molecule has 130 valence electrons. The molecular weight excluding hydrogens is 292 g/mol. The maximum Gasteiger partial charge on any atom is 0.336 e. The van der Waals surface area contributed by atoms with Gasteiger partial charge in [0.2, 0.25) is 6.29 Å². The van der Waals surface area contributed by atoms with Gasteiger partial charge in [-0.25, -0.2) is 9.59 Å². The lowest BCUT2D eigenvalue weighted by molar-refractivity contribution is -0.182. The van der Waals surface area contributed by atoms with E-state index in [0.29, 0.717) is 12.3 Å². The largest absolute Gasteiger partial charge is 0.422 e. The van der Waals surface area contributed by atoms with E-state index in [1.54, 1.807) is 13.8 Å². The van der Waals surface area contributed by atoms with Gasteiger partial charge in [0.25, 0.3) is 0 Å². The van der Waals surface area contributed by atoms with E-state index in [1.807, 2.05) is 6.42 Å². The first-order valence-electron chi connectivity index (χ1n) is 7.85. The zero-order chi connectivity index (χ0) is 18.2. The van der Waals surface area contributed by atoms with Crippen LogP contribution in [0.15, 0.2) is 24.3 Å². The van der Waals surface area contributed by atoms with Crippen LogP contribution in [0.2, 0.25) is 0 Å². The van der Waals surface area contributed by atoms with E-state index in [4.69, 9.17) is 9.47 Å². The fourth-order valence-corrected chi connectivity index (χ4v) is 2.06. The van der Waals surface area contributed by atoms with E-state index in [9.17, 15) is 9.59 Å². The van der Waals surface area contributed by atoms with Gasteiger partial charge in [-0.05, 0) is 38.0 Å². The van der Waals surface area contributed by atoms with Crippen molar-refractivity contribution in [3.8, 4) is 0 Å². The van der Waals surface area contributed by atoms with E-state index < -0.39 is 18.2 Å². The Balaban J connectivity index is 4.80. The third kappa shape index (κ3) is 9.22. The molecule has 0 saturated heterocycles. The number of hydrogen-bond acceptors (Lipinski definition) is 4. The molecule has 0 bridgehead atoms. The highest BCUT2D eigenvalue weighted by Gasteiger charge is 2.26. The standard InChI is InChI=1S/C19H30O4/c1-9-15(6)12-19(7,8)11-10-16(22-17(20)13(2)3)23-18(21)14(4)5/h11,15-16H,1-2,4,9-10,12H2,3,5-8H3. The highest BCUT2D eigenvalue weighted by molar-refractivity contribution is 5.88. The lowest BCUT2D eigenvalue weighted by atomic mass is 9.79. The number of carbonyl (C=O) groups is 2. The van der Waals surface area contributed by atoms with Crippen LogP contribution in [-0.2, 0) is 19.1 Å². The van der Waals surface area contributed by atoms with Gasteiger partial charge in [0, 0.05) is 17.6 Å². The SMILES string of the molecule is [CH2]CC(C)CC(C)(C)[CH]CC(OC(=O)C(=C)C)OC(=O)C(=C)C. The van der Waals surface area contributed by atoms with Crippen molar-refractivity contribution in [1.29, 1.82) is 0 Å². The zero-order valence-corrected chi connectivity index (χ0v) is 15.1. The molecule has 0 aromatic carbocycles. The molecule has 4 nitrogen and oxygen atoms in total. The van der Waals surface area contributed by atoms with Crippen molar-refractivity contribution < 1.29 is 19.1 Å². The lowest BCUT2D eigenvalue weighted by Crippen LogP contribution is -2.28. The van der Waals surface area contributed by atoms with E-state index in [-0.39, 0.29) is 16.6 Å². The second-order valence-corrected chi connectivity index (χ2v) is 6.83. The van der Waals surface area contributed by atoms with Crippen LogP contribution in [0, 0.1) is 24.7 Å². The molecule has 0 saturated carbocycles. The average Bonchev–Trinajstić information content (AvgIpc) is 2.43. The van der Waals surface area contributed by atoms with Crippen LogP contribution in [0.5, 0.6) is 0 Å². The fourth-order valence-electron chi connectivity index (χ4n) is 2.06. The Morgan fingerprint density at radius 2 is 1.52 bits per heavy atom. The summed E-state index contributed by atoms with van der Waals surface area (Å²) in [5.41, 5.74) is 0.429. The Kier molecular flexibility index (Phi) is 8.88. The molecular formula is C19H30O4. The predicted octanol–water partition coefficient (Wildman–Crippen LogP) is 4.42. The highest BCUT2D eigenvalue weighted by Crippen LogP contribution is 2.32. The summed E-state index contributed by atoms with van der Waals surface area (Å²) >= 11 is 0. The van der Waals surface area contributed by atoms with Gasteiger partial charge in [-0.15, -0.1) is 0 Å². The molecule has 4 heteroatoms. The van der Waals surface area contributed by atoms with Gasteiger partial charge in [-0.3, -0.25) is 0 Å². The number of esters is 2. The van der Waals surface area contributed by atoms with Crippen molar-refractivity contribution in [2.75, 3.05) is 0 Å². The molecule has 0 heterocycles. The predicted molar refractivity (Wildman–Crippen MR) is 92.1 cm³/mol. The first kappa shape index (κ1) is 21.4. The van der Waals surface area contributed by atoms with Crippen LogP contribution in [0.4, 0.5) is 0 Å². The van der Waals surface area contributed by atoms with Gasteiger partial charge >= 0.3 is 11.9 Å². The number of rotatable bonds is 10. The Labute approximate surface area is 140 Å². The third-order valence-electron chi connectivity index (χ3n) is 3.40. The van der Waals surface area contributed by atoms with Gasteiger partial charge in [0.1, 0.15) is 0 Å². The van der Waals surface area contributed by atoms with E-state index in [2.05, 4.69) is 40.9 Å². The van der Waals surface area contributed by atoms with E-state index in [1.165, 1.54) is 0 Å². The lowest BCUT2D eigenvalue weighted by Gasteiger charge is -2.29. The topological polar surface area (TPSA) is 52.6 Å². The minimum Gasteiger partial charge on any atom is -0.422 e. The monoisotopic (exact) mass is 322 g/mol. The van der Waals surface area contributed by atoms with Crippen LogP contribution in [0.3, 0.4) is 0 Å². The van der Waals surface area contributed by atoms with Crippen LogP contribution in [0.1, 0.15) is 53.9 Å². The van der Waals surface area contributed by atoms with Crippen molar-refractivity contribution in [3.05, 3.63) is 37.6 Å². The second-order valence-electron chi connectivity index (χ2n) is 6.83. The Bertz CT molecular complexity index is 420. The summed E-state index contributed by atoms with van der Waals surface area (Å²) in [6.45, 7) is 20.4. The molecule has 23 heavy (non-hydrogen) atoms. The maximum absolute atomic E-state index is 11.7. The summed E-state index contributed by atoms with van der Waals surface area (Å²) in [7, 11) is 0. The van der Waals surface area contributed by atoms with Crippen LogP contribution in [0.25, 0.3) is 0 Å². The van der Waals surface area contributed by atoms with Crippen molar-refractivity contribution >= 4 is 11.9 Å². The molecule has 0 amide bonds. The van der Waals surface area contributed by atoms with Crippen molar-refractivity contribution in [3.63, 3.8) is 0 Å². The molecule has 0 fully saturated rings. The Morgan fingerprint density at radius 1 is 1.09 bits per heavy atom. The molecule has 0 aliphatic carbocycles. The van der Waals surface area contributed by atoms with Crippen molar-refractivity contribution in [2.24, 2.45) is 11.3 Å². The summed E-state index contributed by atoms with van der Waals surface area (Å²) in [6.07, 6.45) is 3.16. The molecule has 0 aliphatic heterocycles. The minimum atomic E-state index is -0.974. The Hall–Kier alpha value is -1.58.